The van der Waals surface area contributed by atoms with Gasteiger partial charge in [-0.1, -0.05) is 43.6 Å². The lowest BCUT2D eigenvalue weighted by molar-refractivity contribution is -0.142. The van der Waals surface area contributed by atoms with Crippen LogP contribution in [0, 0.1) is 11.3 Å². The summed E-state index contributed by atoms with van der Waals surface area (Å²) >= 11 is 3.63. The van der Waals surface area contributed by atoms with Gasteiger partial charge in [-0.05, 0) is 18.8 Å². The van der Waals surface area contributed by atoms with Crippen LogP contribution in [-0.4, -0.2) is 28.7 Å². The number of alkyl halides is 1. The highest BCUT2D eigenvalue weighted by atomic mass is 79.9. The molecular weight excluding hydrogens is 254 g/mol. The van der Waals surface area contributed by atoms with E-state index in [1.807, 2.05) is 18.7 Å². The number of carbonyl (C=O) groups excluding carboxylic acids is 1. The smallest absolute Gasteiger partial charge is 0.228 e. The fourth-order valence-corrected chi connectivity index (χ4v) is 3.01. The third-order valence-electron chi connectivity index (χ3n) is 3.36. The molecule has 0 aromatic rings. The number of carbonyl (C=O) groups is 1. The maximum atomic E-state index is 12.2. The minimum Gasteiger partial charge on any atom is -0.341 e. The summed E-state index contributed by atoms with van der Waals surface area (Å²) < 4.78 is 0. The van der Waals surface area contributed by atoms with Crippen molar-refractivity contribution < 1.29 is 4.79 Å². The maximum absolute atomic E-state index is 12.2. The molecule has 0 spiro atoms. The van der Waals surface area contributed by atoms with Crippen molar-refractivity contribution in [1.29, 1.82) is 0 Å². The zero-order chi connectivity index (χ0) is 11.6. The van der Waals surface area contributed by atoms with Crippen molar-refractivity contribution in [3.8, 4) is 0 Å². The van der Waals surface area contributed by atoms with Crippen LogP contribution in [0.25, 0.3) is 0 Å². The molecule has 0 saturated carbocycles. The summed E-state index contributed by atoms with van der Waals surface area (Å²) in [7, 11) is 0. The van der Waals surface area contributed by atoms with Gasteiger partial charge in [-0.25, -0.2) is 0 Å². The van der Waals surface area contributed by atoms with E-state index in [2.05, 4.69) is 29.8 Å². The average Bonchev–Trinajstić information content (AvgIpc) is 2.15. The molecule has 0 aromatic heterocycles. The van der Waals surface area contributed by atoms with Gasteiger partial charge in [-0.2, -0.15) is 0 Å². The molecule has 1 fully saturated rings. The van der Waals surface area contributed by atoms with E-state index < -0.39 is 0 Å². The lowest BCUT2D eigenvalue weighted by Gasteiger charge is -2.38. The van der Waals surface area contributed by atoms with E-state index in [4.69, 9.17) is 0 Å². The molecule has 0 radical (unpaired) electrons. The number of nitrogens with zero attached hydrogens (tertiary/aromatic N) is 1. The SMILES string of the molecule is CCC(C)(C)C(=O)N1CC(C)CC(Br)C1. The van der Waals surface area contributed by atoms with Gasteiger partial charge in [0.05, 0.1) is 0 Å². The molecule has 0 aliphatic carbocycles. The Labute approximate surface area is 102 Å². The standard InChI is InChI=1S/C12H22BrNO/c1-5-12(3,4)11(15)14-7-9(2)6-10(13)8-14/h9-10H,5-8H2,1-4H3. The Morgan fingerprint density at radius 1 is 1.47 bits per heavy atom. The van der Waals surface area contributed by atoms with Crippen molar-refractivity contribution in [1.82, 2.24) is 4.90 Å². The van der Waals surface area contributed by atoms with Crippen LogP contribution < -0.4 is 0 Å². The summed E-state index contributed by atoms with van der Waals surface area (Å²) in [4.78, 5) is 14.7. The molecule has 3 heteroatoms. The Bertz CT molecular complexity index is 230. The van der Waals surface area contributed by atoms with Gasteiger partial charge >= 0.3 is 0 Å². The largest absolute Gasteiger partial charge is 0.341 e. The molecular formula is C12H22BrNO. The molecule has 0 aromatic carbocycles. The first-order valence-corrected chi connectivity index (χ1v) is 6.72. The van der Waals surface area contributed by atoms with Gasteiger partial charge in [0.2, 0.25) is 5.91 Å². The molecule has 1 amide bonds. The van der Waals surface area contributed by atoms with E-state index in [1.165, 1.54) is 6.42 Å². The topological polar surface area (TPSA) is 20.3 Å². The molecule has 1 saturated heterocycles. The Balaban J connectivity index is 2.67. The summed E-state index contributed by atoms with van der Waals surface area (Å²) in [6.07, 6.45) is 2.08. The molecule has 2 nitrogen and oxygen atoms in total. The minimum absolute atomic E-state index is 0.205. The highest BCUT2D eigenvalue weighted by Crippen LogP contribution is 2.28. The molecule has 2 atom stereocenters. The number of hydrogen-bond donors (Lipinski definition) is 0. The monoisotopic (exact) mass is 275 g/mol. The molecule has 1 aliphatic rings. The van der Waals surface area contributed by atoms with Crippen molar-refractivity contribution in [2.24, 2.45) is 11.3 Å². The molecule has 1 heterocycles. The Kier molecular flexibility index (Phi) is 4.21. The quantitative estimate of drug-likeness (QED) is 0.710. The third kappa shape index (κ3) is 3.20. The Morgan fingerprint density at radius 3 is 2.53 bits per heavy atom. The number of halogens is 1. The number of likely N-dealkylation sites (tertiary alicyclic amines) is 1. The van der Waals surface area contributed by atoms with E-state index in [0.717, 1.165) is 19.5 Å². The lowest BCUT2D eigenvalue weighted by atomic mass is 9.87. The summed E-state index contributed by atoms with van der Waals surface area (Å²) in [5, 5.41) is 0. The van der Waals surface area contributed by atoms with Crippen LogP contribution in [0.4, 0.5) is 0 Å². The van der Waals surface area contributed by atoms with Crippen LogP contribution in [-0.2, 0) is 4.79 Å². The number of rotatable bonds is 2. The van der Waals surface area contributed by atoms with Crippen molar-refractivity contribution in [3.05, 3.63) is 0 Å². The fourth-order valence-electron chi connectivity index (χ4n) is 2.02. The second-order valence-corrected chi connectivity index (χ2v) is 6.68. The number of piperidine rings is 1. The average molecular weight is 276 g/mol. The molecule has 0 N–H and O–H groups in total. The van der Waals surface area contributed by atoms with Gasteiger partial charge in [0.1, 0.15) is 0 Å². The first-order valence-electron chi connectivity index (χ1n) is 5.80. The predicted octanol–water partition coefficient (Wildman–Crippen LogP) is 3.05. The normalized spacial score (nSPS) is 27.9. The molecule has 1 rings (SSSR count). The summed E-state index contributed by atoms with van der Waals surface area (Å²) in [6, 6.07) is 0. The van der Waals surface area contributed by atoms with Crippen molar-refractivity contribution in [2.45, 2.75) is 45.4 Å². The third-order valence-corrected chi connectivity index (χ3v) is 4.02. The fraction of sp³-hybridized carbons (Fsp3) is 0.917. The summed E-state index contributed by atoms with van der Waals surface area (Å²) in [5.41, 5.74) is -0.205. The lowest BCUT2D eigenvalue weighted by Crippen LogP contribution is -2.48. The van der Waals surface area contributed by atoms with Crippen LogP contribution in [0.15, 0.2) is 0 Å². The first-order chi connectivity index (χ1) is 6.86. The van der Waals surface area contributed by atoms with E-state index in [0.29, 0.717) is 16.7 Å². The minimum atomic E-state index is -0.205. The van der Waals surface area contributed by atoms with Gasteiger partial charge in [-0.3, -0.25) is 4.79 Å². The van der Waals surface area contributed by atoms with Gasteiger partial charge < -0.3 is 4.90 Å². The molecule has 1 aliphatic heterocycles. The second kappa shape index (κ2) is 4.86. The van der Waals surface area contributed by atoms with Crippen LogP contribution in [0.5, 0.6) is 0 Å². The Hall–Kier alpha value is -0.0500. The molecule has 0 bridgehead atoms. The van der Waals surface area contributed by atoms with Gasteiger partial charge in [0, 0.05) is 23.3 Å². The number of amides is 1. The van der Waals surface area contributed by atoms with Gasteiger partial charge in [0.25, 0.3) is 0 Å². The van der Waals surface area contributed by atoms with E-state index in [9.17, 15) is 4.79 Å². The highest BCUT2D eigenvalue weighted by molar-refractivity contribution is 9.09. The molecule has 15 heavy (non-hydrogen) atoms. The van der Waals surface area contributed by atoms with Crippen molar-refractivity contribution in [3.63, 3.8) is 0 Å². The van der Waals surface area contributed by atoms with E-state index >= 15 is 0 Å². The summed E-state index contributed by atoms with van der Waals surface area (Å²) in [6.45, 7) is 10.2. The van der Waals surface area contributed by atoms with Crippen molar-refractivity contribution in [2.75, 3.05) is 13.1 Å². The Morgan fingerprint density at radius 2 is 2.07 bits per heavy atom. The number of hydrogen-bond acceptors (Lipinski definition) is 1. The van der Waals surface area contributed by atoms with E-state index in [-0.39, 0.29) is 5.41 Å². The summed E-state index contributed by atoms with van der Waals surface area (Å²) in [5.74, 6) is 0.917. The van der Waals surface area contributed by atoms with Gasteiger partial charge in [-0.15, -0.1) is 0 Å². The first kappa shape index (κ1) is 13.0. The van der Waals surface area contributed by atoms with Crippen molar-refractivity contribution >= 4 is 21.8 Å². The zero-order valence-electron chi connectivity index (χ0n) is 10.2. The molecule has 2 unspecified atom stereocenters. The second-order valence-electron chi connectivity index (χ2n) is 5.39. The van der Waals surface area contributed by atoms with Crippen LogP contribution in [0.3, 0.4) is 0 Å². The zero-order valence-corrected chi connectivity index (χ0v) is 11.8. The molecule has 88 valence electrons. The van der Waals surface area contributed by atoms with Crippen LogP contribution >= 0.6 is 15.9 Å². The van der Waals surface area contributed by atoms with Gasteiger partial charge in [0.15, 0.2) is 0 Å². The highest BCUT2D eigenvalue weighted by Gasteiger charge is 2.34. The van der Waals surface area contributed by atoms with Crippen LogP contribution in [0.1, 0.15) is 40.5 Å². The van der Waals surface area contributed by atoms with E-state index in [1.54, 1.807) is 0 Å². The predicted molar refractivity (Wildman–Crippen MR) is 67.1 cm³/mol. The van der Waals surface area contributed by atoms with Crippen LogP contribution in [0.2, 0.25) is 0 Å². The maximum Gasteiger partial charge on any atom is 0.228 e.